The van der Waals surface area contributed by atoms with E-state index in [2.05, 4.69) is 10.4 Å². The molecule has 0 spiro atoms. The number of hydrogen-bond acceptors (Lipinski definition) is 3. The van der Waals surface area contributed by atoms with Crippen molar-refractivity contribution >= 4 is 22.2 Å². The van der Waals surface area contributed by atoms with E-state index in [0.29, 0.717) is 11.3 Å². The Balaban J connectivity index is 2.09. The topological polar surface area (TPSA) is 52.2 Å². The van der Waals surface area contributed by atoms with E-state index in [1.165, 1.54) is 0 Å². The van der Waals surface area contributed by atoms with Gasteiger partial charge < -0.3 is 0 Å². The highest BCUT2D eigenvalue weighted by Gasteiger charge is 2.22. The van der Waals surface area contributed by atoms with Crippen LogP contribution in [-0.4, -0.2) is 25.4 Å². The lowest BCUT2D eigenvalue weighted by atomic mass is 10.1. The second-order valence-electron chi connectivity index (χ2n) is 4.93. The number of rotatable bonds is 2. The minimum absolute atomic E-state index is 0.0488. The molecule has 2 heterocycles. The maximum Gasteiger partial charge on any atom is 0.212 e. The van der Waals surface area contributed by atoms with Crippen LogP contribution in [-0.2, 0) is 7.05 Å². The van der Waals surface area contributed by atoms with Crippen molar-refractivity contribution in [2.24, 2.45) is 7.05 Å². The zero-order valence-electron chi connectivity index (χ0n) is 11.4. The summed E-state index contributed by atoms with van der Waals surface area (Å²) in [5.74, 6) is -0.0488. The average Bonchev–Trinajstić information content (AvgIpc) is 3.06. The van der Waals surface area contributed by atoms with E-state index in [4.69, 9.17) is 0 Å². The van der Waals surface area contributed by atoms with Gasteiger partial charge in [0.2, 0.25) is 5.78 Å². The lowest BCUT2D eigenvalue weighted by Gasteiger charge is -2.00. The summed E-state index contributed by atoms with van der Waals surface area (Å²) in [4.78, 5) is 12.8. The Labute approximate surface area is 120 Å². The molecule has 5 heteroatoms. The Hall–Kier alpha value is -2.95. The fraction of sp³-hybridized carbons (Fsp3) is 0.0625. The number of aromatic nitrogens is 4. The summed E-state index contributed by atoms with van der Waals surface area (Å²) >= 11 is 0. The third-order valence-electron chi connectivity index (χ3n) is 3.66. The molecule has 0 saturated heterocycles. The van der Waals surface area contributed by atoms with Crippen molar-refractivity contribution in [3.8, 4) is 0 Å². The minimum atomic E-state index is -0.0488. The minimum Gasteiger partial charge on any atom is -0.287 e. The number of aryl methyl sites for hydroxylation is 1. The maximum atomic E-state index is 12.8. The van der Waals surface area contributed by atoms with Crippen molar-refractivity contribution in [2.75, 3.05) is 0 Å². The Morgan fingerprint density at radius 2 is 1.57 bits per heavy atom. The lowest BCUT2D eigenvalue weighted by molar-refractivity contribution is 0.103. The SMILES string of the molecule is Cn1nnn2c(C(=O)c3ccccc3)c3ccccc3c12. The molecule has 0 radical (unpaired) electrons. The summed E-state index contributed by atoms with van der Waals surface area (Å²) in [6.45, 7) is 0. The van der Waals surface area contributed by atoms with Gasteiger partial charge in [0.15, 0.2) is 5.65 Å². The normalized spacial score (nSPS) is 11.3. The third kappa shape index (κ3) is 1.61. The Kier molecular flexibility index (Phi) is 2.41. The van der Waals surface area contributed by atoms with Gasteiger partial charge in [-0.05, 0) is 10.4 Å². The molecule has 2 aromatic carbocycles. The molecule has 0 amide bonds. The summed E-state index contributed by atoms with van der Waals surface area (Å²) in [6, 6.07) is 17.0. The number of nitrogens with zero attached hydrogens (tertiary/aromatic N) is 4. The van der Waals surface area contributed by atoms with Gasteiger partial charge in [0.05, 0.1) is 0 Å². The van der Waals surface area contributed by atoms with Gasteiger partial charge in [-0.2, -0.15) is 4.52 Å². The number of benzene rings is 2. The van der Waals surface area contributed by atoms with Gasteiger partial charge in [-0.3, -0.25) is 4.79 Å². The summed E-state index contributed by atoms with van der Waals surface area (Å²) in [5, 5.41) is 10.0. The molecule has 0 aliphatic heterocycles. The molecule has 0 saturated carbocycles. The monoisotopic (exact) mass is 276 g/mol. The quantitative estimate of drug-likeness (QED) is 0.528. The highest BCUT2D eigenvalue weighted by atomic mass is 16.1. The standard InChI is InChI=1S/C16H12N4O/c1-19-16-13-10-6-5-9-12(13)14(20(16)18-17-19)15(21)11-7-3-2-4-8-11/h2-10H,1H3. The summed E-state index contributed by atoms with van der Waals surface area (Å²) in [6.07, 6.45) is 0. The van der Waals surface area contributed by atoms with Crippen molar-refractivity contribution in [3.05, 3.63) is 65.9 Å². The molecule has 0 aliphatic rings. The summed E-state index contributed by atoms with van der Waals surface area (Å²) < 4.78 is 3.31. The van der Waals surface area contributed by atoms with Crippen LogP contribution in [0.25, 0.3) is 16.4 Å². The fourth-order valence-electron chi connectivity index (χ4n) is 2.70. The molecular weight excluding hydrogens is 264 g/mol. The first kappa shape index (κ1) is 11.8. The van der Waals surface area contributed by atoms with Crippen LogP contribution in [0.4, 0.5) is 0 Å². The van der Waals surface area contributed by atoms with E-state index in [0.717, 1.165) is 16.4 Å². The zero-order valence-corrected chi connectivity index (χ0v) is 11.4. The van der Waals surface area contributed by atoms with Crippen LogP contribution >= 0.6 is 0 Å². The molecule has 4 rings (SSSR count). The molecule has 0 fully saturated rings. The number of carbonyl (C=O) groups is 1. The van der Waals surface area contributed by atoms with Crippen LogP contribution in [0.1, 0.15) is 16.1 Å². The number of fused-ring (bicyclic) bond motifs is 3. The van der Waals surface area contributed by atoms with E-state index in [1.54, 1.807) is 9.20 Å². The van der Waals surface area contributed by atoms with E-state index >= 15 is 0 Å². The second kappa shape index (κ2) is 4.28. The number of tetrazole rings is 1. The van der Waals surface area contributed by atoms with E-state index in [9.17, 15) is 4.79 Å². The first-order valence-corrected chi connectivity index (χ1v) is 6.66. The van der Waals surface area contributed by atoms with Gasteiger partial charge in [0.25, 0.3) is 0 Å². The molecule has 0 N–H and O–H groups in total. The molecule has 21 heavy (non-hydrogen) atoms. The van der Waals surface area contributed by atoms with Gasteiger partial charge in [-0.1, -0.05) is 54.6 Å². The van der Waals surface area contributed by atoms with Crippen molar-refractivity contribution < 1.29 is 4.79 Å². The van der Waals surface area contributed by atoms with E-state index in [-0.39, 0.29) is 5.78 Å². The number of carbonyl (C=O) groups excluding carboxylic acids is 1. The summed E-state index contributed by atoms with van der Waals surface area (Å²) in [5.41, 5.74) is 2.03. The van der Waals surface area contributed by atoms with Crippen molar-refractivity contribution in [1.82, 2.24) is 19.6 Å². The third-order valence-corrected chi connectivity index (χ3v) is 3.66. The molecule has 102 valence electrons. The molecule has 0 bridgehead atoms. The van der Waals surface area contributed by atoms with Gasteiger partial charge in [0, 0.05) is 23.4 Å². The largest absolute Gasteiger partial charge is 0.287 e. The molecule has 0 atom stereocenters. The average molecular weight is 276 g/mol. The molecule has 5 nitrogen and oxygen atoms in total. The highest BCUT2D eigenvalue weighted by Crippen LogP contribution is 2.27. The van der Waals surface area contributed by atoms with E-state index < -0.39 is 0 Å². The Morgan fingerprint density at radius 3 is 2.33 bits per heavy atom. The number of hydrogen-bond donors (Lipinski definition) is 0. The van der Waals surface area contributed by atoms with Crippen molar-refractivity contribution in [2.45, 2.75) is 0 Å². The van der Waals surface area contributed by atoms with Crippen LogP contribution in [0.2, 0.25) is 0 Å². The fourth-order valence-corrected chi connectivity index (χ4v) is 2.70. The van der Waals surface area contributed by atoms with Gasteiger partial charge in [0.1, 0.15) is 5.69 Å². The van der Waals surface area contributed by atoms with Crippen LogP contribution in [0, 0.1) is 0 Å². The Bertz CT molecular complexity index is 966. The Morgan fingerprint density at radius 1 is 0.905 bits per heavy atom. The van der Waals surface area contributed by atoms with Crippen LogP contribution in [0.15, 0.2) is 54.6 Å². The van der Waals surface area contributed by atoms with E-state index in [1.807, 2.05) is 61.6 Å². The second-order valence-corrected chi connectivity index (χ2v) is 4.93. The molecule has 0 aliphatic carbocycles. The van der Waals surface area contributed by atoms with Crippen LogP contribution in [0.5, 0.6) is 0 Å². The zero-order chi connectivity index (χ0) is 14.4. The first-order valence-electron chi connectivity index (χ1n) is 6.66. The maximum absolute atomic E-state index is 12.8. The predicted molar refractivity (Wildman–Crippen MR) is 79.3 cm³/mol. The molecule has 2 aromatic heterocycles. The molecule has 0 unspecified atom stereocenters. The van der Waals surface area contributed by atoms with Crippen LogP contribution in [0.3, 0.4) is 0 Å². The predicted octanol–water partition coefficient (Wildman–Crippen LogP) is 2.45. The van der Waals surface area contributed by atoms with Crippen molar-refractivity contribution in [1.29, 1.82) is 0 Å². The van der Waals surface area contributed by atoms with Gasteiger partial charge >= 0.3 is 0 Å². The number of ketones is 1. The molecular formula is C16H12N4O. The van der Waals surface area contributed by atoms with Crippen molar-refractivity contribution in [3.63, 3.8) is 0 Å². The van der Waals surface area contributed by atoms with Gasteiger partial charge in [-0.25, -0.2) is 4.68 Å². The highest BCUT2D eigenvalue weighted by molar-refractivity contribution is 6.18. The smallest absolute Gasteiger partial charge is 0.212 e. The lowest BCUT2D eigenvalue weighted by Crippen LogP contribution is -2.06. The van der Waals surface area contributed by atoms with Crippen LogP contribution < -0.4 is 0 Å². The molecule has 4 aromatic rings. The first-order chi connectivity index (χ1) is 10.3. The summed E-state index contributed by atoms with van der Waals surface area (Å²) in [7, 11) is 1.82. The van der Waals surface area contributed by atoms with Gasteiger partial charge in [-0.15, -0.1) is 0 Å².